The smallest absolute Gasteiger partial charge is 0.263 e. The van der Waals surface area contributed by atoms with Gasteiger partial charge in [-0.05, 0) is 56.7 Å². The van der Waals surface area contributed by atoms with Crippen LogP contribution in [-0.4, -0.2) is 32.7 Å². The van der Waals surface area contributed by atoms with Crippen LogP contribution in [0.25, 0.3) is 0 Å². The van der Waals surface area contributed by atoms with Crippen molar-refractivity contribution in [2.45, 2.75) is 70.6 Å². The van der Waals surface area contributed by atoms with Crippen LogP contribution in [-0.2, 0) is 31.2 Å². The number of hydrogen-bond donors (Lipinski definition) is 0. The molecular formula is C22H29N3O2. The molecule has 1 saturated carbocycles. The number of para-hydroxylation sites is 1. The number of benzene rings is 1. The van der Waals surface area contributed by atoms with E-state index in [0.29, 0.717) is 12.6 Å². The van der Waals surface area contributed by atoms with E-state index in [1.165, 1.54) is 30.5 Å². The van der Waals surface area contributed by atoms with Gasteiger partial charge in [0.05, 0.1) is 12.2 Å². The Hall–Kier alpha value is -2.30. The monoisotopic (exact) mass is 367 g/mol. The standard InChI is InChI=1S/C22H29N3O2/c1-16(27-18-11-4-3-5-12-18)22(26)25(17-9-6-7-10-17)15-20-19-13-8-14-21(19)24(2)23-20/h3-5,11-12,16-17H,6-10,13-15H2,1-2H3. The quantitative estimate of drug-likeness (QED) is 0.783. The average Bonchev–Trinajstić information content (AvgIpc) is 3.41. The summed E-state index contributed by atoms with van der Waals surface area (Å²) in [5.41, 5.74) is 3.79. The van der Waals surface area contributed by atoms with Crippen LogP contribution < -0.4 is 4.74 Å². The van der Waals surface area contributed by atoms with Gasteiger partial charge in [-0.3, -0.25) is 9.48 Å². The van der Waals surface area contributed by atoms with Crippen LogP contribution in [0.15, 0.2) is 30.3 Å². The molecule has 2 aliphatic rings. The number of aryl methyl sites for hydroxylation is 1. The molecule has 2 aliphatic carbocycles. The second kappa shape index (κ2) is 7.75. The van der Waals surface area contributed by atoms with E-state index in [1.54, 1.807) is 0 Å². The number of carbonyl (C=O) groups is 1. The molecule has 1 heterocycles. The maximum atomic E-state index is 13.3. The van der Waals surface area contributed by atoms with Gasteiger partial charge in [-0.1, -0.05) is 31.0 Å². The molecule has 1 unspecified atom stereocenters. The zero-order chi connectivity index (χ0) is 18.8. The van der Waals surface area contributed by atoms with Gasteiger partial charge < -0.3 is 9.64 Å². The van der Waals surface area contributed by atoms with Crippen molar-refractivity contribution in [3.8, 4) is 5.75 Å². The van der Waals surface area contributed by atoms with E-state index in [4.69, 9.17) is 9.84 Å². The van der Waals surface area contributed by atoms with Crippen LogP contribution in [0.1, 0.15) is 56.0 Å². The van der Waals surface area contributed by atoms with E-state index >= 15 is 0 Å². The minimum absolute atomic E-state index is 0.0724. The topological polar surface area (TPSA) is 47.4 Å². The van der Waals surface area contributed by atoms with Gasteiger partial charge in [-0.25, -0.2) is 0 Å². The molecule has 0 spiro atoms. The molecule has 2 aromatic rings. The molecule has 1 fully saturated rings. The van der Waals surface area contributed by atoms with Gasteiger partial charge in [0.25, 0.3) is 5.91 Å². The third-order valence-corrected chi connectivity index (χ3v) is 5.97. The van der Waals surface area contributed by atoms with Crippen molar-refractivity contribution >= 4 is 5.91 Å². The number of aromatic nitrogens is 2. The molecule has 144 valence electrons. The molecule has 1 amide bonds. The molecule has 1 aromatic heterocycles. The number of carbonyl (C=O) groups excluding carboxylic acids is 1. The summed E-state index contributed by atoms with van der Waals surface area (Å²) in [4.78, 5) is 15.4. The fourth-order valence-corrected chi connectivity index (χ4v) is 4.58. The van der Waals surface area contributed by atoms with E-state index in [1.807, 2.05) is 53.9 Å². The van der Waals surface area contributed by atoms with Gasteiger partial charge in [-0.15, -0.1) is 0 Å². The first kappa shape index (κ1) is 18.1. The molecule has 0 saturated heterocycles. The van der Waals surface area contributed by atoms with Crippen molar-refractivity contribution in [2.24, 2.45) is 7.05 Å². The van der Waals surface area contributed by atoms with E-state index in [2.05, 4.69) is 0 Å². The molecule has 1 atom stereocenters. The molecular weight excluding hydrogens is 338 g/mol. The van der Waals surface area contributed by atoms with E-state index in [0.717, 1.165) is 37.1 Å². The van der Waals surface area contributed by atoms with Crippen molar-refractivity contribution in [3.05, 3.63) is 47.3 Å². The Morgan fingerprint density at radius 3 is 2.70 bits per heavy atom. The van der Waals surface area contributed by atoms with Crippen molar-refractivity contribution in [2.75, 3.05) is 0 Å². The molecule has 5 nitrogen and oxygen atoms in total. The summed E-state index contributed by atoms with van der Waals surface area (Å²) in [6, 6.07) is 9.91. The van der Waals surface area contributed by atoms with Gasteiger partial charge in [0, 0.05) is 18.8 Å². The Morgan fingerprint density at radius 1 is 1.22 bits per heavy atom. The van der Waals surface area contributed by atoms with Crippen LogP contribution in [0.3, 0.4) is 0 Å². The Balaban J connectivity index is 1.54. The van der Waals surface area contributed by atoms with Crippen LogP contribution in [0.5, 0.6) is 5.75 Å². The SMILES string of the molecule is CC(Oc1ccccc1)C(=O)N(Cc1nn(C)c2c1CCC2)C1CCCC1. The van der Waals surface area contributed by atoms with Crippen LogP contribution >= 0.6 is 0 Å². The lowest BCUT2D eigenvalue weighted by Crippen LogP contribution is -2.45. The van der Waals surface area contributed by atoms with Crippen LogP contribution in [0.4, 0.5) is 0 Å². The molecule has 0 radical (unpaired) electrons. The molecule has 0 aliphatic heterocycles. The first-order valence-electron chi connectivity index (χ1n) is 10.2. The first-order valence-corrected chi connectivity index (χ1v) is 10.2. The molecule has 1 aromatic carbocycles. The van der Waals surface area contributed by atoms with Crippen LogP contribution in [0, 0.1) is 0 Å². The number of fused-ring (bicyclic) bond motifs is 1. The highest BCUT2D eigenvalue weighted by molar-refractivity contribution is 5.81. The molecule has 5 heteroatoms. The fourth-order valence-electron chi connectivity index (χ4n) is 4.58. The average molecular weight is 367 g/mol. The van der Waals surface area contributed by atoms with Crippen molar-refractivity contribution < 1.29 is 9.53 Å². The number of nitrogens with zero attached hydrogens (tertiary/aromatic N) is 3. The number of amides is 1. The summed E-state index contributed by atoms with van der Waals surface area (Å²) >= 11 is 0. The number of rotatable bonds is 6. The van der Waals surface area contributed by atoms with Gasteiger partial charge in [0.15, 0.2) is 6.10 Å². The van der Waals surface area contributed by atoms with Gasteiger partial charge in [0.2, 0.25) is 0 Å². The minimum Gasteiger partial charge on any atom is -0.481 e. The largest absolute Gasteiger partial charge is 0.481 e. The highest BCUT2D eigenvalue weighted by atomic mass is 16.5. The Morgan fingerprint density at radius 2 is 1.96 bits per heavy atom. The molecule has 0 N–H and O–H groups in total. The highest BCUT2D eigenvalue weighted by Crippen LogP contribution is 2.30. The summed E-state index contributed by atoms with van der Waals surface area (Å²) in [6.45, 7) is 2.47. The third-order valence-electron chi connectivity index (χ3n) is 5.97. The van der Waals surface area contributed by atoms with E-state index in [-0.39, 0.29) is 5.91 Å². The van der Waals surface area contributed by atoms with Gasteiger partial charge >= 0.3 is 0 Å². The number of hydrogen-bond acceptors (Lipinski definition) is 3. The zero-order valence-electron chi connectivity index (χ0n) is 16.4. The maximum Gasteiger partial charge on any atom is 0.263 e. The van der Waals surface area contributed by atoms with Crippen LogP contribution in [0.2, 0.25) is 0 Å². The second-order valence-electron chi connectivity index (χ2n) is 7.83. The summed E-state index contributed by atoms with van der Waals surface area (Å²) in [6.07, 6.45) is 7.44. The van der Waals surface area contributed by atoms with Gasteiger partial charge in [0.1, 0.15) is 5.75 Å². The minimum atomic E-state index is -0.496. The normalized spacial score (nSPS) is 17.7. The molecule has 4 rings (SSSR count). The Kier molecular flexibility index (Phi) is 5.19. The zero-order valence-corrected chi connectivity index (χ0v) is 16.4. The molecule has 27 heavy (non-hydrogen) atoms. The van der Waals surface area contributed by atoms with E-state index in [9.17, 15) is 4.79 Å². The lowest BCUT2D eigenvalue weighted by Gasteiger charge is -2.31. The summed E-state index contributed by atoms with van der Waals surface area (Å²) in [5, 5.41) is 4.75. The first-order chi connectivity index (χ1) is 13.1. The Bertz CT molecular complexity index is 793. The predicted molar refractivity (Wildman–Crippen MR) is 105 cm³/mol. The summed E-state index contributed by atoms with van der Waals surface area (Å²) in [7, 11) is 2.02. The fraction of sp³-hybridized carbons (Fsp3) is 0.545. The lowest BCUT2D eigenvalue weighted by atomic mass is 10.1. The maximum absolute atomic E-state index is 13.3. The van der Waals surface area contributed by atoms with Crippen molar-refractivity contribution in [1.82, 2.24) is 14.7 Å². The lowest BCUT2D eigenvalue weighted by molar-refractivity contribution is -0.141. The highest BCUT2D eigenvalue weighted by Gasteiger charge is 2.33. The third kappa shape index (κ3) is 3.73. The molecule has 0 bridgehead atoms. The Labute approximate surface area is 161 Å². The summed E-state index contributed by atoms with van der Waals surface area (Å²) < 4.78 is 7.95. The predicted octanol–water partition coefficient (Wildman–Crippen LogP) is 3.65. The number of ether oxygens (including phenoxy) is 1. The van der Waals surface area contributed by atoms with Gasteiger partial charge in [-0.2, -0.15) is 5.10 Å². The summed E-state index contributed by atoms with van der Waals surface area (Å²) in [5.74, 6) is 0.812. The van der Waals surface area contributed by atoms with Crippen molar-refractivity contribution in [3.63, 3.8) is 0 Å². The van der Waals surface area contributed by atoms with E-state index < -0.39 is 6.10 Å². The van der Waals surface area contributed by atoms with Crippen molar-refractivity contribution in [1.29, 1.82) is 0 Å². The second-order valence-corrected chi connectivity index (χ2v) is 7.83.